The number of phenols is 1. The molecule has 1 aliphatic carbocycles. The van der Waals surface area contributed by atoms with Gasteiger partial charge in [-0.2, -0.15) is 9.78 Å². The van der Waals surface area contributed by atoms with Crippen LogP contribution in [0.1, 0.15) is 45.9 Å². The Hall–Kier alpha value is -4.10. The number of anilines is 1. The van der Waals surface area contributed by atoms with Crippen molar-refractivity contribution >= 4 is 29.2 Å². The van der Waals surface area contributed by atoms with Crippen LogP contribution < -0.4 is 10.6 Å². The number of nitrogens with one attached hydrogen (secondary N) is 2. The molecule has 4 aromatic rings. The van der Waals surface area contributed by atoms with E-state index in [1.165, 1.54) is 10.7 Å². The van der Waals surface area contributed by atoms with E-state index in [-0.39, 0.29) is 30.2 Å². The SMILES string of the molecule is Cc1ccc(C(=O)Nc2ccc(-c3cc(C4CC4)n(C(=O)NCc4ccccc4Cl)n3)c(O)c2)cc1. The van der Waals surface area contributed by atoms with Crippen LogP contribution >= 0.6 is 11.6 Å². The molecule has 0 spiro atoms. The van der Waals surface area contributed by atoms with Gasteiger partial charge in [-0.1, -0.05) is 47.5 Å². The number of hydrogen-bond donors (Lipinski definition) is 3. The average molecular weight is 501 g/mol. The summed E-state index contributed by atoms with van der Waals surface area (Å²) in [5, 5.41) is 21.5. The van der Waals surface area contributed by atoms with Gasteiger partial charge in [0.1, 0.15) is 5.75 Å². The van der Waals surface area contributed by atoms with Crippen molar-refractivity contribution in [3.63, 3.8) is 0 Å². The highest BCUT2D eigenvalue weighted by atomic mass is 35.5. The Balaban J connectivity index is 1.34. The van der Waals surface area contributed by atoms with Crippen molar-refractivity contribution in [2.75, 3.05) is 5.32 Å². The zero-order chi connectivity index (χ0) is 25.2. The lowest BCUT2D eigenvalue weighted by Gasteiger charge is -2.09. The summed E-state index contributed by atoms with van der Waals surface area (Å²) in [6, 6.07) is 20.9. The van der Waals surface area contributed by atoms with Gasteiger partial charge in [0.2, 0.25) is 0 Å². The normalized spacial score (nSPS) is 12.8. The van der Waals surface area contributed by atoms with E-state index in [1.54, 1.807) is 30.3 Å². The Morgan fingerprint density at radius 3 is 2.50 bits per heavy atom. The van der Waals surface area contributed by atoms with Gasteiger partial charge < -0.3 is 15.7 Å². The van der Waals surface area contributed by atoms with Crippen LogP contribution in [0.5, 0.6) is 5.75 Å². The smallest absolute Gasteiger partial charge is 0.342 e. The molecule has 0 bridgehead atoms. The van der Waals surface area contributed by atoms with Crippen LogP contribution in [0.3, 0.4) is 0 Å². The molecule has 36 heavy (non-hydrogen) atoms. The minimum Gasteiger partial charge on any atom is -0.507 e. The van der Waals surface area contributed by atoms with Crippen LogP contribution in [0.15, 0.2) is 72.8 Å². The molecule has 7 nitrogen and oxygen atoms in total. The first-order valence-corrected chi connectivity index (χ1v) is 12.1. The van der Waals surface area contributed by atoms with E-state index < -0.39 is 0 Å². The van der Waals surface area contributed by atoms with Crippen LogP contribution in [-0.2, 0) is 6.54 Å². The highest BCUT2D eigenvalue weighted by Gasteiger charge is 2.30. The number of carbonyl (C=O) groups excluding carboxylic acids is 2. The van der Waals surface area contributed by atoms with Gasteiger partial charge in [-0.3, -0.25) is 4.79 Å². The Morgan fingerprint density at radius 1 is 1.06 bits per heavy atom. The second-order valence-electron chi connectivity index (χ2n) is 8.94. The molecule has 8 heteroatoms. The van der Waals surface area contributed by atoms with Gasteiger partial charge in [-0.05, 0) is 61.7 Å². The van der Waals surface area contributed by atoms with Crippen molar-refractivity contribution in [2.45, 2.75) is 32.2 Å². The fraction of sp³-hybridized carbons (Fsp3) is 0.179. The van der Waals surface area contributed by atoms with Crippen molar-refractivity contribution < 1.29 is 14.7 Å². The van der Waals surface area contributed by atoms with Gasteiger partial charge in [-0.25, -0.2) is 4.79 Å². The molecule has 0 saturated heterocycles. The number of halogens is 1. The lowest BCUT2D eigenvalue weighted by atomic mass is 10.1. The van der Waals surface area contributed by atoms with Crippen LogP contribution in [0.4, 0.5) is 10.5 Å². The third kappa shape index (κ3) is 5.11. The number of amides is 2. The Morgan fingerprint density at radius 2 is 1.81 bits per heavy atom. The topological polar surface area (TPSA) is 96.3 Å². The summed E-state index contributed by atoms with van der Waals surface area (Å²) in [5.74, 6) is -0.0506. The molecule has 3 aromatic carbocycles. The van der Waals surface area contributed by atoms with Crippen LogP contribution in [0.25, 0.3) is 11.3 Å². The molecule has 0 unspecified atom stereocenters. The van der Waals surface area contributed by atoms with E-state index in [1.807, 2.05) is 43.3 Å². The fourth-order valence-electron chi connectivity index (χ4n) is 3.98. The highest BCUT2D eigenvalue weighted by Crippen LogP contribution is 2.42. The van der Waals surface area contributed by atoms with E-state index in [9.17, 15) is 14.7 Å². The van der Waals surface area contributed by atoms with Crippen molar-refractivity contribution in [1.82, 2.24) is 15.1 Å². The maximum absolute atomic E-state index is 13.0. The molecule has 1 saturated carbocycles. The first kappa shape index (κ1) is 23.6. The fourth-order valence-corrected chi connectivity index (χ4v) is 4.18. The Bertz CT molecular complexity index is 1440. The van der Waals surface area contributed by atoms with Crippen LogP contribution in [0.2, 0.25) is 5.02 Å². The third-order valence-corrected chi connectivity index (χ3v) is 6.53. The first-order valence-electron chi connectivity index (χ1n) is 11.7. The van der Waals surface area contributed by atoms with Gasteiger partial charge in [0.25, 0.3) is 5.91 Å². The molecule has 1 aliphatic rings. The molecule has 5 rings (SSSR count). The summed E-state index contributed by atoms with van der Waals surface area (Å²) in [7, 11) is 0. The summed E-state index contributed by atoms with van der Waals surface area (Å²) in [4.78, 5) is 25.5. The number of aryl methyl sites for hydroxylation is 1. The molecule has 1 heterocycles. The summed E-state index contributed by atoms with van der Waals surface area (Å²) < 4.78 is 1.37. The maximum atomic E-state index is 13.0. The zero-order valence-corrected chi connectivity index (χ0v) is 20.4. The standard InChI is InChI=1S/C28H25ClN4O3/c1-17-6-8-19(9-7-17)27(35)31-21-12-13-22(26(34)14-21)24-15-25(18-10-11-18)33(32-24)28(36)30-16-20-4-2-3-5-23(20)29/h2-9,12-15,18,34H,10-11,16H2,1H3,(H,30,36)(H,31,35). The van der Waals surface area contributed by atoms with E-state index in [0.717, 1.165) is 29.7 Å². The number of phenolic OH excluding ortho intramolecular Hbond substituents is 1. The van der Waals surface area contributed by atoms with E-state index in [4.69, 9.17) is 11.6 Å². The molecule has 1 fully saturated rings. The van der Waals surface area contributed by atoms with E-state index in [0.29, 0.717) is 27.5 Å². The molecule has 0 radical (unpaired) electrons. The summed E-state index contributed by atoms with van der Waals surface area (Å²) >= 11 is 6.20. The maximum Gasteiger partial charge on any atom is 0.342 e. The van der Waals surface area contributed by atoms with Crippen molar-refractivity contribution in [3.8, 4) is 17.0 Å². The second kappa shape index (κ2) is 9.87. The minimum absolute atomic E-state index is 0.0415. The zero-order valence-electron chi connectivity index (χ0n) is 19.7. The van der Waals surface area contributed by atoms with E-state index in [2.05, 4.69) is 15.7 Å². The second-order valence-corrected chi connectivity index (χ2v) is 9.35. The minimum atomic E-state index is -0.357. The quantitative estimate of drug-likeness (QED) is 0.298. The number of aromatic hydroxyl groups is 1. The van der Waals surface area contributed by atoms with Crippen molar-refractivity contribution in [2.24, 2.45) is 0 Å². The van der Waals surface area contributed by atoms with Gasteiger partial charge in [0.15, 0.2) is 0 Å². The lowest BCUT2D eigenvalue weighted by molar-refractivity contribution is 0.102. The summed E-state index contributed by atoms with van der Waals surface area (Å²) in [6.45, 7) is 2.23. The number of benzene rings is 3. The van der Waals surface area contributed by atoms with Crippen LogP contribution in [0, 0.1) is 6.92 Å². The molecular formula is C28H25ClN4O3. The molecule has 0 aliphatic heterocycles. The third-order valence-electron chi connectivity index (χ3n) is 6.16. The molecule has 182 valence electrons. The monoisotopic (exact) mass is 500 g/mol. The number of hydrogen-bond acceptors (Lipinski definition) is 4. The largest absolute Gasteiger partial charge is 0.507 e. The predicted molar refractivity (Wildman–Crippen MR) is 140 cm³/mol. The highest BCUT2D eigenvalue weighted by molar-refractivity contribution is 6.31. The summed E-state index contributed by atoms with van der Waals surface area (Å²) in [6.07, 6.45) is 1.97. The molecule has 1 aromatic heterocycles. The molecule has 3 N–H and O–H groups in total. The Labute approximate surface area is 213 Å². The van der Waals surface area contributed by atoms with Crippen molar-refractivity contribution in [1.29, 1.82) is 0 Å². The van der Waals surface area contributed by atoms with Gasteiger partial charge in [0.05, 0.1) is 11.4 Å². The van der Waals surface area contributed by atoms with Crippen molar-refractivity contribution in [3.05, 3.63) is 100 Å². The number of nitrogens with zero attached hydrogens (tertiary/aromatic N) is 2. The van der Waals surface area contributed by atoms with Crippen LogP contribution in [-0.4, -0.2) is 26.8 Å². The lowest BCUT2D eigenvalue weighted by Crippen LogP contribution is -2.30. The molecule has 0 atom stereocenters. The molecular weight excluding hydrogens is 476 g/mol. The number of aromatic nitrogens is 2. The number of rotatable bonds is 6. The first-order chi connectivity index (χ1) is 17.4. The molecule has 2 amide bonds. The van der Waals surface area contributed by atoms with Gasteiger partial charge >= 0.3 is 6.03 Å². The van der Waals surface area contributed by atoms with E-state index >= 15 is 0 Å². The summed E-state index contributed by atoms with van der Waals surface area (Å²) in [5.41, 5.74) is 4.63. The van der Waals surface area contributed by atoms with Gasteiger partial charge in [-0.15, -0.1) is 0 Å². The predicted octanol–water partition coefficient (Wildman–Crippen LogP) is 6.11. The number of carbonyl (C=O) groups is 2. The Kier molecular flexibility index (Phi) is 6.48. The van der Waals surface area contributed by atoms with Gasteiger partial charge in [0, 0.05) is 40.4 Å². The average Bonchev–Trinajstić information content (AvgIpc) is 3.62.